The van der Waals surface area contributed by atoms with Gasteiger partial charge in [-0.25, -0.2) is 0 Å². The summed E-state index contributed by atoms with van der Waals surface area (Å²) in [6.07, 6.45) is 3.69. The van der Waals surface area contributed by atoms with E-state index in [-0.39, 0.29) is 0 Å². The van der Waals surface area contributed by atoms with Gasteiger partial charge in [0.05, 0.1) is 0 Å². The van der Waals surface area contributed by atoms with Crippen LogP contribution in [0.2, 0.25) is 5.02 Å². The van der Waals surface area contributed by atoms with E-state index in [0.717, 1.165) is 44.2 Å². The molecule has 3 nitrogen and oxygen atoms in total. The van der Waals surface area contributed by atoms with Crippen molar-refractivity contribution < 1.29 is 0 Å². The second-order valence-electron chi connectivity index (χ2n) is 5.15. The summed E-state index contributed by atoms with van der Waals surface area (Å²) in [5.41, 5.74) is 6.80. The van der Waals surface area contributed by atoms with E-state index in [1.54, 1.807) is 0 Å². The fraction of sp³-hybridized carbons (Fsp3) is 0.600. The van der Waals surface area contributed by atoms with Gasteiger partial charge in [-0.2, -0.15) is 0 Å². The summed E-state index contributed by atoms with van der Waals surface area (Å²) < 4.78 is 0. The molecule has 0 bridgehead atoms. The van der Waals surface area contributed by atoms with E-state index < -0.39 is 0 Å². The molecule has 2 rings (SSSR count). The van der Waals surface area contributed by atoms with Crippen LogP contribution in [0.4, 0.5) is 5.69 Å². The van der Waals surface area contributed by atoms with Crippen LogP contribution in [0.1, 0.15) is 19.3 Å². The monoisotopic (exact) mass is 281 g/mol. The maximum atomic E-state index is 5.92. The number of halogens is 1. The number of piperazine rings is 1. The van der Waals surface area contributed by atoms with Crippen LogP contribution in [-0.2, 0) is 0 Å². The van der Waals surface area contributed by atoms with Crippen LogP contribution < -0.4 is 10.6 Å². The minimum Gasteiger partial charge on any atom is -0.369 e. The van der Waals surface area contributed by atoms with Crippen molar-refractivity contribution in [3.63, 3.8) is 0 Å². The number of nitrogens with zero attached hydrogens (tertiary/aromatic N) is 2. The first-order chi connectivity index (χ1) is 9.29. The number of hydrogen-bond acceptors (Lipinski definition) is 3. The van der Waals surface area contributed by atoms with Crippen LogP contribution in [0.25, 0.3) is 0 Å². The third-order valence-electron chi connectivity index (χ3n) is 3.74. The number of benzene rings is 1. The topological polar surface area (TPSA) is 32.5 Å². The molecule has 2 N–H and O–H groups in total. The molecule has 0 spiro atoms. The SMILES string of the molecule is NCCCCCN1CCN(c2ccc(Cl)cc2)CC1. The summed E-state index contributed by atoms with van der Waals surface area (Å²) in [6.45, 7) is 6.58. The van der Waals surface area contributed by atoms with Crippen LogP contribution >= 0.6 is 11.6 Å². The fourth-order valence-electron chi connectivity index (χ4n) is 2.54. The molecule has 1 heterocycles. The Hall–Kier alpha value is -0.770. The zero-order valence-electron chi connectivity index (χ0n) is 11.5. The lowest BCUT2D eigenvalue weighted by Gasteiger charge is -2.36. The van der Waals surface area contributed by atoms with Crippen molar-refractivity contribution in [3.8, 4) is 0 Å². The molecule has 1 aliphatic heterocycles. The third-order valence-corrected chi connectivity index (χ3v) is 3.99. The lowest BCUT2D eigenvalue weighted by molar-refractivity contribution is 0.252. The highest BCUT2D eigenvalue weighted by molar-refractivity contribution is 6.30. The molecule has 1 aromatic rings. The van der Waals surface area contributed by atoms with Crippen molar-refractivity contribution in [1.82, 2.24) is 4.90 Å². The van der Waals surface area contributed by atoms with Gasteiger partial charge in [-0.3, -0.25) is 4.90 Å². The van der Waals surface area contributed by atoms with E-state index >= 15 is 0 Å². The number of unbranched alkanes of at least 4 members (excludes halogenated alkanes) is 2. The molecular weight excluding hydrogens is 258 g/mol. The first-order valence-electron chi connectivity index (χ1n) is 7.22. The zero-order valence-corrected chi connectivity index (χ0v) is 12.3. The molecule has 4 heteroatoms. The molecule has 0 aliphatic carbocycles. The third kappa shape index (κ3) is 4.68. The normalized spacial score (nSPS) is 16.8. The fourth-order valence-corrected chi connectivity index (χ4v) is 2.66. The Balaban J connectivity index is 1.71. The predicted octanol–water partition coefficient (Wildman–Crippen LogP) is 2.59. The second-order valence-corrected chi connectivity index (χ2v) is 5.59. The second kappa shape index (κ2) is 7.73. The molecule has 0 unspecified atom stereocenters. The van der Waals surface area contributed by atoms with Gasteiger partial charge in [0.1, 0.15) is 0 Å². The molecule has 19 heavy (non-hydrogen) atoms. The molecule has 0 amide bonds. The quantitative estimate of drug-likeness (QED) is 0.814. The van der Waals surface area contributed by atoms with Crippen LogP contribution in [0, 0.1) is 0 Å². The van der Waals surface area contributed by atoms with E-state index in [1.807, 2.05) is 12.1 Å². The molecule has 0 atom stereocenters. The van der Waals surface area contributed by atoms with Crippen molar-refractivity contribution in [1.29, 1.82) is 0 Å². The molecule has 1 fully saturated rings. The van der Waals surface area contributed by atoms with Gasteiger partial charge in [-0.15, -0.1) is 0 Å². The number of rotatable bonds is 6. The Morgan fingerprint density at radius 1 is 0.947 bits per heavy atom. The highest BCUT2D eigenvalue weighted by Gasteiger charge is 2.16. The van der Waals surface area contributed by atoms with Crippen molar-refractivity contribution in [2.75, 3.05) is 44.2 Å². The Bertz CT molecular complexity index is 358. The van der Waals surface area contributed by atoms with Crippen molar-refractivity contribution in [3.05, 3.63) is 29.3 Å². The van der Waals surface area contributed by atoms with E-state index in [1.165, 1.54) is 25.1 Å². The van der Waals surface area contributed by atoms with Gasteiger partial charge in [0.25, 0.3) is 0 Å². The summed E-state index contributed by atoms with van der Waals surface area (Å²) in [6, 6.07) is 8.16. The highest BCUT2D eigenvalue weighted by Crippen LogP contribution is 2.19. The van der Waals surface area contributed by atoms with E-state index in [2.05, 4.69) is 21.9 Å². The van der Waals surface area contributed by atoms with E-state index in [4.69, 9.17) is 17.3 Å². The molecule has 0 aromatic heterocycles. The highest BCUT2D eigenvalue weighted by atomic mass is 35.5. The molecule has 1 saturated heterocycles. The lowest BCUT2D eigenvalue weighted by Crippen LogP contribution is -2.46. The van der Waals surface area contributed by atoms with Gasteiger partial charge < -0.3 is 10.6 Å². The van der Waals surface area contributed by atoms with Crippen LogP contribution in [0.15, 0.2) is 24.3 Å². The molecule has 1 aromatic carbocycles. The molecule has 1 aliphatic rings. The minimum absolute atomic E-state index is 0.808. The molecular formula is C15H24ClN3. The van der Waals surface area contributed by atoms with Gasteiger partial charge >= 0.3 is 0 Å². The molecule has 0 saturated carbocycles. The maximum absolute atomic E-state index is 5.92. The van der Waals surface area contributed by atoms with Gasteiger partial charge in [0, 0.05) is 36.9 Å². The zero-order chi connectivity index (χ0) is 13.5. The van der Waals surface area contributed by atoms with Crippen LogP contribution in [0.3, 0.4) is 0 Å². The van der Waals surface area contributed by atoms with Crippen molar-refractivity contribution in [2.24, 2.45) is 5.73 Å². The van der Waals surface area contributed by atoms with Gasteiger partial charge in [-0.1, -0.05) is 18.0 Å². The standard InChI is InChI=1S/C15H24ClN3/c16-14-4-6-15(7-5-14)19-12-10-18(11-13-19)9-3-1-2-8-17/h4-7H,1-3,8-13,17H2. The number of anilines is 1. The van der Waals surface area contributed by atoms with Crippen LogP contribution in [0.5, 0.6) is 0 Å². The number of nitrogens with two attached hydrogens (primary N) is 1. The van der Waals surface area contributed by atoms with Crippen LogP contribution in [-0.4, -0.2) is 44.2 Å². The first-order valence-corrected chi connectivity index (χ1v) is 7.60. The first kappa shape index (κ1) is 14.6. The summed E-state index contributed by atoms with van der Waals surface area (Å²) in [5.74, 6) is 0. The maximum Gasteiger partial charge on any atom is 0.0407 e. The Labute approximate surface area is 121 Å². The van der Waals surface area contributed by atoms with Gasteiger partial charge in [0.2, 0.25) is 0 Å². The Morgan fingerprint density at radius 2 is 1.63 bits per heavy atom. The minimum atomic E-state index is 0.808. The summed E-state index contributed by atoms with van der Waals surface area (Å²) >= 11 is 5.92. The number of hydrogen-bond donors (Lipinski definition) is 1. The Kier molecular flexibility index (Phi) is 5.95. The summed E-state index contributed by atoms with van der Waals surface area (Å²) in [4.78, 5) is 5.00. The van der Waals surface area contributed by atoms with E-state index in [0.29, 0.717) is 0 Å². The largest absolute Gasteiger partial charge is 0.369 e. The van der Waals surface area contributed by atoms with Gasteiger partial charge in [0.15, 0.2) is 0 Å². The van der Waals surface area contributed by atoms with Gasteiger partial charge in [-0.05, 0) is 50.2 Å². The molecule has 0 radical (unpaired) electrons. The average Bonchev–Trinajstić information content (AvgIpc) is 2.45. The van der Waals surface area contributed by atoms with Crippen molar-refractivity contribution >= 4 is 17.3 Å². The predicted molar refractivity (Wildman–Crippen MR) is 83.0 cm³/mol. The summed E-state index contributed by atoms with van der Waals surface area (Å²) in [5, 5.41) is 0.808. The molecule has 106 valence electrons. The van der Waals surface area contributed by atoms with E-state index in [9.17, 15) is 0 Å². The smallest absolute Gasteiger partial charge is 0.0407 e. The van der Waals surface area contributed by atoms with Crippen molar-refractivity contribution in [2.45, 2.75) is 19.3 Å². The Morgan fingerprint density at radius 3 is 2.26 bits per heavy atom. The summed E-state index contributed by atoms with van der Waals surface area (Å²) in [7, 11) is 0. The average molecular weight is 282 g/mol. The lowest BCUT2D eigenvalue weighted by atomic mass is 10.2.